The van der Waals surface area contributed by atoms with Crippen LogP contribution in [0.3, 0.4) is 0 Å². The lowest BCUT2D eigenvalue weighted by Gasteiger charge is -2.20. The zero-order chi connectivity index (χ0) is 16.9. The van der Waals surface area contributed by atoms with Gasteiger partial charge in [0.2, 0.25) is 0 Å². The first-order valence-corrected chi connectivity index (χ1v) is 7.23. The summed E-state index contributed by atoms with van der Waals surface area (Å²) in [6.07, 6.45) is -7.54. The fraction of sp³-hybridized carbons (Fsp3) is 0.462. The molecule has 22 heavy (non-hydrogen) atoms. The van der Waals surface area contributed by atoms with E-state index in [0.717, 1.165) is 30.0 Å². The maximum absolute atomic E-state index is 12.2. The molecule has 0 spiro atoms. The molecule has 0 aromatic heterocycles. The van der Waals surface area contributed by atoms with Crippen LogP contribution in [0.4, 0.5) is 18.9 Å². The highest BCUT2D eigenvalue weighted by Gasteiger charge is 2.31. The predicted molar refractivity (Wildman–Crippen MR) is 76.3 cm³/mol. The minimum atomic E-state index is -4.87. The first-order chi connectivity index (χ1) is 10.1. The van der Waals surface area contributed by atoms with Crippen molar-refractivity contribution >= 4 is 22.6 Å². The van der Waals surface area contributed by atoms with Crippen molar-refractivity contribution in [3.63, 3.8) is 0 Å². The fourth-order valence-electron chi connectivity index (χ4n) is 1.69. The van der Waals surface area contributed by atoms with Crippen molar-refractivity contribution in [2.45, 2.75) is 31.9 Å². The number of hydrogen-bond acceptors (Lipinski definition) is 6. The highest BCUT2D eigenvalue weighted by molar-refractivity contribution is 8.13. The van der Waals surface area contributed by atoms with E-state index in [4.69, 9.17) is 5.73 Å². The zero-order valence-corrected chi connectivity index (χ0v) is 12.4. The lowest BCUT2D eigenvalue weighted by molar-refractivity contribution is -0.274. The molecule has 124 valence electrons. The number of aliphatic hydroxyl groups is 2. The Balaban J connectivity index is 2.80. The van der Waals surface area contributed by atoms with Gasteiger partial charge in [0, 0.05) is 23.9 Å². The monoisotopic (exact) mass is 339 g/mol. The number of nitrogens with two attached hydrogens (primary N) is 1. The van der Waals surface area contributed by atoms with Crippen LogP contribution in [0.2, 0.25) is 0 Å². The van der Waals surface area contributed by atoms with Crippen molar-refractivity contribution in [2.24, 2.45) is 0 Å². The van der Waals surface area contributed by atoms with Gasteiger partial charge in [0.25, 0.3) is 0 Å². The van der Waals surface area contributed by atoms with E-state index in [2.05, 4.69) is 4.74 Å². The van der Waals surface area contributed by atoms with Crippen molar-refractivity contribution in [3.05, 3.63) is 23.8 Å². The summed E-state index contributed by atoms with van der Waals surface area (Å²) in [5, 5.41) is 19.7. The van der Waals surface area contributed by atoms with Crippen molar-refractivity contribution in [3.8, 4) is 5.75 Å². The van der Waals surface area contributed by atoms with Crippen LogP contribution in [-0.2, 0) is 4.79 Å². The second-order valence-corrected chi connectivity index (χ2v) is 5.75. The summed E-state index contributed by atoms with van der Waals surface area (Å²) in [4.78, 5) is 10.8. The standard InChI is InChI=1S/C13H16F3NO4S/c1-7(18)22-5-4-11(19)12(20)9-6-8(2-3-10(9)17)21-13(14,15)16/h2-3,6,11-12,19-20H,4-5,17H2,1H3. The fourth-order valence-corrected chi connectivity index (χ4v) is 2.34. The Morgan fingerprint density at radius 3 is 2.59 bits per heavy atom. The number of halogens is 3. The van der Waals surface area contributed by atoms with Gasteiger partial charge in [0.1, 0.15) is 11.9 Å². The Hall–Kier alpha value is -1.45. The molecule has 0 amide bonds. The molecule has 1 aromatic rings. The smallest absolute Gasteiger partial charge is 0.406 e. The number of hydrogen-bond donors (Lipinski definition) is 3. The predicted octanol–water partition coefficient (Wildman–Crippen LogP) is 2.23. The van der Waals surface area contributed by atoms with Gasteiger partial charge in [-0.1, -0.05) is 11.8 Å². The summed E-state index contributed by atoms with van der Waals surface area (Å²) in [5.74, 6) is -0.271. The van der Waals surface area contributed by atoms with E-state index in [0.29, 0.717) is 0 Å². The highest BCUT2D eigenvalue weighted by atomic mass is 32.2. The van der Waals surface area contributed by atoms with Crippen LogP contribution in [-0.4, -0.2) is 33.5 Å². The normalized spacial score (nSPS) is 14.5. The Labute approximate surface area is 129 Å². The van der Waals surface area contributed by atoms with E-state index < -0.39 is 24.3 Å². The molecule has 2 unspecified atom stereocenters. The van der Waals surface area contributed by atoms with Crippen LogP contribution in [0, 0.1) is 0 Å². The number of alkyl halides is 3. The molecule has 0 aliphatic carbocycles. The number of thioether (sulfide) groups is 1. The number of nitrogen functional groups attached to an aromatic ring is 1. The van der Waals surface area contributed by atoms with E-state index >= 15 is 0 Å². The SMILES string of the molecule is CC(=O)SCCC(O)C(O)c1cc(OC(F)(F)F)ccc1N. The summed E-state index contributed by atoms with van der Waals surface area (Å²) in [7, 11) is 0. The van der Waals surface area contributed by atoms with Crippen LogP contribution in [0.25, 0.3) is 0 Å². The maximum atomic E-state index is 12.2. The molecule has 0 heterocycles. The van der Waals surface area contributed by atoms with Gasteiger partial charge in [0.15, 0.2) is 5.12 Å². The molecule has 4 N–H and O–H groups in total. The number of anilines is 1. The summed E-state index contributed by atoms with van der Waals surface area (Å²) < 4.78 is 40.3. The molecule has 0 bridgehead atoms. The van der Waals surface area contributed by atoms with Gasteiger partial charge in [-0.3, -0.25) is 4.79 Å². The minimum absolute atomic E-state index is 0.0281. The number of aliphatic hydroxyl groups excluding tert-OH is 2. The van der Waals surface area contributed by atoms with Crippen LogP contribution in [0.5, 0.6) is 5.75 Å². The minimum Gasteiger partial charge on any atom is -0.406 e. The molecule has 0 radical (unpaired) electrons. The summed E-state index contributed by atoms with van der Waals surface area (Å²) in [6.45, 7) is 1.36. The third-order valence-electron chi connectivity index (χ3n) is 2.69. The molecular formula is C13H16F3NO4S. The van der Waals surface area contributed by atoms with Gasteiger partial charge >= 0.3 is 6.36 Å². The van der Waals surface area contributed by atoms with E-state index in [9.17, 15) is 28.2 Å². The average Bonchev–Trinajstić information content (AvgIpc) is 2.38. The molecule has 1 rings (SSSR count). The van der Waals surface area contributed by atoms with Crippen molar-refractivity contribution < 1.29 is 32.9 Å². The third kappa shape index (κ3) is 6.12. The quantitative estimate of drug-likeness (QED) is 0.688. The van der Waals surface area contributed by atoms with Crippen LogP contribution < -0.4 is 10.5 Å². The second kappa shape index (κ2) is 7.70. The molecule has 0 saturated heterocycles. The molecular weight excluding hydrogens is 323 g/mol. The van der Waals surface area contributed by atoms with Gasteiger partial charge in [-0.2, -0.15) is 0 Å². The molecule has 0 aliphatic heterocycles. The number of carbonyl (C=O) groups excluding carboxylic acids is 1. The Morgan fingerprint density at radius 1 is 1.41 bits per heavy atom. The molecule has 2 atom stereocenters. The van der Waals surface area contributed by atoms with Crippen molar-refractivity contribution in [1.82, 2.24) is 0 Å². The molecule has 1 aromatic carbocycles. The van der Waals surface area contributed by atoms with Gasteiger partial charge < -0.3 is 20.7 Å². The average molecular weight is 339 g/mol. The number of rotatable bonds is 6. The second-order valence-electron chi connectivity index (χ2n) is 4.48. The topological polar surface area (TPSA) is 92.8 Å². The third-order valence-corrected chi connectivity index (χ3v) is 3.54. The Morgan fingerprint density at radius 2 is 2.05 bits per heavy atom. The van der Waals surface area contributed by atoms with E-state index in [1.54, 1.807) is 0 Å². The van der Waals surface area contributed by atoms with Gasteiger partial charge in [-0.25, -0.2) is 0 Å². The van der Waals surface area contributed by atoms with E-state index in [1.807, 2.05) is 0 Å². The number of benzene rings is 1. The first-order valence-electron chi connectivity index (χ1n) is 6.25. The molecule has 0 saturated carbocycles. The van der Waals surface area contributed by atoms with Crippen molar-refractivity contribution in [2.75, 3.05) is 11.5 Å². The van der Waals surface area contributed by atoms with Crippen LogP contribution >= 0.6 is 11.8 Å². The summed E-state index contributed by atoms with van der Waals surface area (Å²) >= 11 is 0.973. The van der Waals surface area contributed by atoms with Crippen LogP contribution in [0.15, 0.2) is 18.2 Å². The summed E-state index contributed by atoms with van der Waals surface area (Å²) in [6, 6.07) is 3.09. The van der Waals surface area contributed by atoms with Gasteiger partial charge in [-0.15, -0.1) is 13.2 Å². The van der Waals surface area contributed by atoms with E-state index in [-0.39, 0.29) is 28.5 Å². The van der Waals surface area contributed by atoms with E-state index in [1.165, 1.54) is 6.92 Å². The Kier molecular flexibility index (Phi) is 6.51. The molecule has 9 heteroatoms. The first kappa shape index (κ1) is 18.6. The largest absolute Gasteiger partial charge is 0.573 e. The van der Waals surface area contributed by atoms with Crippen molar-refractivity contribution in [1.29, 1.82) is 0 Å². The maximum Gasteiger partial charge on any atom is 0.573 e. The molecule has 0 aliphatic rings. The van der Waals surface area contributed by atoms with Gasteiger partial charge in [-0.05, 0) is 24.6 Å². The van der Waals surface area contributed by atoms with Crippen LogP contribution in [0.1, 0.15) is 25.0 Å². The Bertz CT molecular complexity index is 524. The summed E-state index contributed by atoms with van der Waals surface area (Å²) in [5.41, 5.74) is 5.56. The number of carbonyl (C=O) groups is 1. The lowest BCUT2D eigenvalue weighted by atomic mass is 10.0. The zero-order valence-electron chi connectivity index (χ0n) is 11.6. The molecule has 0 fully saturated rings. The van der Waals surface area contributed by atoms with Gasteiger partial charge in [0.05, 0.1) is 6.10 Å². The lowest BCUT2D eigenvalue weighted by Crippen LogP contribution is -2.21. The molecule has 5 nitrogen and oxygen atoms in total. The highest BCUT2D eigenvalue weighted by Crippen LogP contribution is 2.31. The number of ether oxygens (including phenoxy) is 1.